The molecule has 0 aromatic heterocycles. The molecule has 1 saturated heterocycles. The van der Waals surface area contributed by atoms with E-state index in [0.717, 1.165) is 25.4 Å². The second kappa shape index (κ2) is 12.9. The monoisotopic (exact) mass is 440 g/mol. The smallest absolute Gasteiger partial charge is 0.244 e. The number of ether oxygens (including phenoxy) is 2. The second-order valence-electron chi connectivity index (χ2n) is 8.06. The summed E-state index contributed by atoms with van der Waals surface area (Å²) in [6.45, 7) is 4.18. The van der Waals surface area contributed by atoms with Crippen molar-refractivity contribution in [2.75, 3.05) is 33.4 Å². The molecule has 1 aliphatic heterocycles. The fraction of sp³-hybridized carbons (Fsp3) is 0.423. The highest BCUT2D eigenvalue weighted by Crippen LogP contribution is 2.29. The van der Waals surface area contributed by atoms with Crippen LogP contribution < -0.4 is 14.8 Å². The van der Waals surface area contributed by atoms with E-state index in [1.54, 1.807) is 25.3 Å². The Bertz CT molecular complexity index is 892. The van der Waals surface area contributed by atoms with Crippen LogP contribution in [0.4, 0.5) is 4.39 Å². The van der Waals surface area contributed by atoms with Crippen LogP contribution in [0, 0.1) is 5.82 Å². The summed E-state index contributed by atoms with van der Waals surface area (Å²) in [5, 5.41) is 2.82. The van der Waals surface area contributed by atoms with E-state index < -0.39 is 0 Å². The van der Waals surface area contributed by atoms with Crippen molar-refractivity contribution in [1.82, 2.24) is 10.2 Å². The summed E-state index contributed by atoms with van der Waals surface area (Å²) in [6, 6.07) is 12.2. The standard InChI is InChI=1S/C26H33FN2O3/c1-31-24-12-10-22(20-29-15-4-2-3-5-16-29)19-25(24)32-17-7-14-28-26(30)13-11-21-8-6-9-23(27)18-21/h6,8-13,18-19H,2-5,7,14-17,20H2,1H3,(H,28,30). The second-order valence-corrected chi connectivity index (χ2v) is 8.06. The van der Waals surface area contributed by atoms with Crippen LogP contribution in [0.15, 0.2) is 48.5 Å². The minimum absolute atomic E-state index is 0.216. The Balaban J connectivity index is 1.42. The molecule has 1 amide bonds. The van der Waals surface area contributed by atoms with Gasteiger partial charge in [-0.2, -0.15) is 0 Å². The number of methoxy groups -OCH3 is 1. The Morgan fingerprint density at radius 1 is 1.09 bits per heavy atom. The van der Waals surface area contributed by atoms with Gasteiger partial charge in [0.1, 0.15) is 5.82 Å². The quantitative estimate of drug-likeness (QED) is 0.426. The maximum absolute atomic E-state index is 13.2. The third-order valence-electron chi connectivity index (χ3n) is 5.49. The molecule has 2 aromatic carbocycles. The lowest BCUT2D eigenvalue weighted by Crippen LogP contribution is -2.24. The molecule has 0 bridgehead atoms. The van der Waals surface area contributed by atoms with Gasteiger partial charge in [0.15, 0.2) is 11.5 Å². The van der Waals surface area contributed by atoms with Gasteiger partial charge in [0.2, 0.25) is 5.91 Å². The lowest BCUT2D eigenvalue weighted by molar-refractivity contribution is -0.116. The summed E-state index contributed by atoms with van der Waals surface area (Å²) in [4.78, 5) is 14.4. The van der Waals surface area contributed by atoms with Gasteiger partial charge in [-0.05, 0) is 73.8 Å². The molecule has 0 atom stereocenters. The van der Waals surface area contributed by atoms with Crippen molar-refractivity contribution in [2.45, 2.75) is 38.6 Å². The normalized spacial score (nSPS) is 14.8. The average Bonchev–Trinajstić information content (AvgIpc) is 3.06. The minimum atomic E-state index is -0.323. The number of carbonyl (C=O) groups excluding carboxylic acids is 1. The third kappa shape index (κ3) is 8.00. The van der Waals surface area contributed by atoms with Gasteiger partial charge in [-0.15, -0.1) is 0 Å². The van der Waals surface area contributed by atoms with Crippen molar-refractivity contribution in [3.05, 3.63) is 65.5 Å². The van der Waals surface area contributed by atoms with Crippen molar-refractivity contribution in [3.8, 4) is 11.5 Å². The van der Waals surface area contributed by atoms with Crippen LogP contribution in [0.25, 0.3) is 6.08 Å². The van der Waals surface area contributed by atoms with Gasteiger partial charge in [0.05, 0.1) is 13.7 Å². The van der Waals surface area contributed by atoms with E-state index in [4.69, 9.17) is 9.47 Å². The lowest BCUT2D eigenvalue weighted by Gasteiger charge is -2.20. The number of nitrogens with one attached hydrogen (secondary N) is 1. The van der Waals surface area contributed by atoms with Crippen molar-refractivity contribution in [1.29, 1.82) is 0 Å². The molecule has 1 N–H and O–H groups in total. The predicted octanol–water partition coefficient (Wildman–Crippen LogP) is 4.81. The molecule has 3 rings (SSSR count). The first-order chi connectivity index (χ1) is 15.6. The molecule has 1 heterocycles. The molecular formula is C26H33FN2O3. The molecule has 2 aromatic rings. The number of hydrogen-bond acceptors (Lipinski definition) is 4. The Morgan fingerprint density at radius 3 is 2.66 bits per heavy atom. The van der Waals surface area contributed by atoms with Crippen molar-refractivity contribution >= 4 is 12.0 Å². The van der Waals surface area contributed by atoms with E-state index in [0.29, 0.717) is 30.9 Å². The molecule has 0 saturated carbocycles. The summed E-state index contributed by atoms with van der Waals surface area (Å²) in [5.41, 5.74) is 1.87. The summed E-state index contributed by atoms with van der Waals surface area (Å²) in [7, 11) is 1.64. The van der Waals surface area contributed by atoms with Gasteiger partial charge < -0.3 is 14.8 Å². The number of halogens is 1. The van der Waals surface area contributed by atoms with E-state index in [9.17, 15) is 9.18 Å². The average molecular weight is 441 g/mol. The largest absolute Gasteiger partial charge is 0.493 e. The SMILES string of the molecule is COc1ccc(CN2CCCCCC2)cc1OCCCNC(=O)C=Cc1cccc(F)c1. The number of rotatable bonds is 10. The summed E-state index contributed by atoms with van der Waals surface area (Å²) >= 11 is 0. The molecule has 172 valence electrons. The molecule has 1 aliphatic rings. The first kappa shape index (κ1) is 23.8. The summed E-state index contributed by atoms with van der Waals surface area (Å²) in [6.07, 6.45) is 8.85. The van der Waals surface area contributed by atoms with Gasteiger partial charge in [0, 0.05) is 19.2 Å². The fourth-order valence-electron chi connectivity index (χ4n) is 3.79. The lowest BCUT2D eigenvalue weighted by atomic mass is 10.2. The zero-order valence-corrected chi connectivity index (χ0v) is 18.8. The van der Waals surface area contributed by atoms with Crippen molar-refractivity contribution < 1.29 is 18.7 Å². The van der Waals surface area contributed by atoms with E-state index >= 15 is 0 Å². The van der Waals surface area contributed by atoms with Crippen LogP contribution in [-0.4, -0.2) is 44.2 Å². The highest BCUT2D eigenvalue weighted by Gasteiger charge is 2.12. The molecular weight excluding hydrogens is 407 g/mol. The van der Waals surface area contributed by atoms with Crippen LogP contribution in [0.5, 0.6) is 11.5 Å². The highest BCUT2D eigenvalue weighted by molar-refractivity contribution is 5.91. The van der Waals surface area contributed by atoms with Gasteiger partial charge in [-0.1, -0.05) is 31.0 Å². The molecule has 32 heavy (non-hydrogen) atoms. The van der Waals surface area contributed by atoms with Crippen molar-refractivity contribution in [3.63, 3.8) is 0 Å². The van der Waals surface area contributed by atoms with Gasteiger partial charge >= 0.3 is 0 Å². The van der Waals surface area contributed by atoms with Crippen LogP contribution in [0.1, 0.15) is 43.2 Å². The molecule has 1 fully saturated rings. The third-order valence-corrected chi connectivity index (χ3v) is 5.49. The number of carbonyl (C=O) groups is 1. The highest BCUT2D eigenvalue weighted by atomic mass is 19.1. The van der Waals surface area contributed by atoms with Crippen LogP contribution in [-0.2, 0) is 11.3 Å². The maximum atomic E-state index is 13.2. The Kier molecular flexibility index (Phi) is 9.57. The number of hydrogen-bond donors (Lipinski definition) is 1. The van der Waals surface area contributed by atoms with E-state index in [-0.39, 0.29) is 11.7 Å². The first-order valence-electron chi connectivity index (χ1n) is 11.4. The number of likely N-dealkylation sites (tertiary alicyclic amines) is 1. The number of amides is 1. The van der Waals surface area contributed by atoms with Crippen molar-refractivity contribution in [2.24, 2.45) is 0 Å². The molecule has 0 radical (unpaired) electrons. The first-order valence-corrected chi connectivity index (χ1v) is 11.4. The maximum Gasteiger partial charge on any atom is 0.244 e. The molecule has 5 nitrogen and oxygen atoms in total. The minimum Gasteiger partial charge on any atom is -0.493 e. The Hall–Kier alpha value is -2.86. The molecule has 0 spiro atoms. The fourth-order valence-corrected chi connectivity index (χ4v) is 3.79. The zero-order valence-electron chi connectivity index (χ0n) is 18.8. The van der Waals surface area contributed by atoms with E-state index in [2.05, 4.69) is 22.3 Å². The molecule has 0 unspecified atom stereocenters. The van der Waals surface area contributed by atoms with Gasteiger partial charge in [0.25, 0.3) is 0 Å². The zero-order chi connectivity index (χ0) is 22.6. The van der Waals surface area contributed by atoms with E-state index in [1.165, 1.54) is 49.5 Å². The van der Waals surface area contributed by atoms with Crippen LogP contribution >= 0.6 is 0 Å². The van der Waals surface area contributed by atoms with E-state index in [1.807, 2.05) is 6.07 Å². The van der Waals surface area contributed by atoms with Crippen LogP contribution in [0.2, 0.25) is 0 Å². The van der Waals surface area contributed by atoms with Gasteiger partial charge in [-0.3, -0.25) is 9.69 Å². The number of benzene rings is 2. The van der Waals surface area contributed by atoms with Crippen LogP contribution in [0.3, 0.4) is 0 Å². The summed E-state index contributed by atoms with van der Waals surface area (Å²) < 4.78 is 24.6. The number of nitrogens with zero attached hydrogens (tertiary/aromatic N) is 1. The molecule has 0 aliphatic carbocycles. The van der Waals surface area contributed by atoms with Gasteiger partial charge in [-0.25, -0.2) is 4.39 Å². The molecule has 6 heteroatoms. The Morgan fingerprint density at radius 2 is 1.91 bits per heavy atom. The predicted molar refractivity (Wildman–Crippen MR) is 125 cm³/mol. The topological polar surface area (TPSA) is 50.8 Å². The summed E-state index contributed by atoms with van der Waals surface area (Å²) in [5.74, 6) is 0.908. The Labute approximate surface area is 190 Å².